The van der Waals surface area contributed by atoms with Gasteiger partial charge in [0.15, 0.2) is 0 Å². The van der Waals surface area contributed by atoms with E-state index in [2.05, 4.69) is 67.8 Å². The van der Waals surface area contributed by atoms with Gasteiger partial charge in [0.2, 0.25) is 5.91 Å². The lowest BCUT2D eigenvalue weighted by Gasteiger charge is -2.22. The van der Waals surface area contributed by atoms with E-state index in [-0.39, 0.29) is 12.5 Å². The minimum absolute atomic E-state index is 0.0449. The predicted octanol–water partition coefficient (Wildman–Crippen LogP) is 14.7. The summed E-state index contributed by atoms with van der Waals surface area (Å²) in [6.45, 7) is 4.25. The van der Waals surface area contributed by atoms with Gasteiger partial charge >= 0.3 is 0 Å². The van der Waals surface area contributed by atoms with Crippen LogP contribution in [0.3, 0.4) is 0 Å². The molecule has 0 saturated carbocycles. The smallest absolute Gasteiger partial charge is 0.220 e. The van der Waals surface area contributed by atoms with Crippen molar-refractivity contribution in [3.05, 3.63) is 48.6 Å². The molecule has 0 aliphatic rings. The maximum Gasteiger partial charge on any atom is 0.220 e. The molecule has 4 heteroatoms. The van der Waals surface area contributed by atoms with Crippen molar-refractivity contribution in [1.82, 2.24) is 5.32 Å². The minimum Gasteiger partial charge on any atom is -0.394 e. The summed E-state index contributed by atoms with van der Waals surface area (Å²) in [6.07, 6.45) is 60.5. The van der Waals surface area contributed by atoms with E-state index in [9.17, 15) is 15.0 Å². The van der Waals surface area contributed by atoms with Crippen molar-refractivity contribution in [2.45, 2.75) is 251 Å². The Hall–Kier alpha value is -1.65. The number of carbonyl (C=O) groups excluding carboxylic acids is 1. The van der Waals surface area contributed by atoms with E-state index in [0.717, 1.165) is 64.2 Å². The topological polar surface area (TPSA) is 69.6 Å². The number of aliphatic hydroxyl groups excluding tert-OH is 2. The van der Waals surface area contributed by atoms with Crippen molar-refractivity contribution in [1.29, 1.82) is 0 Å². The van der Waals surface area contributed by atoms with Crippen LogP contribution in [0.2, 0.25) is 0 Å². The molecule has 1 amide bonds. The summed E-state index contributed by atoms with van der Waals surface area (Å²) in [6, 6.07) is -0.546. The summed E-state index contributed by atoms with van der Waals surface area (Å²) in [5.74, 6) is -0.0449. The number of rotatable bonds is 42. The highest BCUT2D eigenvalue weighted by molar-refractivity contribution is 5.76. The highest BCUT2D eigenvalue weighted by atomic mass is 16.3. The molecular formula is C49H91NO3. The molecule has 310 valence electrons. The Morgan fingerprint density at radius 2 is 0.830 bits per heavy atom. The molecule has 0 spiro atoms. The van der Waals surface area contributed by atoms with Crippen LogP contribution >= 0.6 is 0 Å². The van der Waals surface area contributed by atoms with Gasteiger partial charge < -0.3 is 15.5 Å². The van der Waals surface area contributed by atoms with E-state index in [4.69, 9.17) is 0 Å². The van der Waals surface area contributed by atoms with Gasteiger partial charge in [-0.2, -0.15) is 0 Å². The van der Waals surface area contributed by atoms with Crippen LogP contribution in [0.25, 0.3) is 0 Å². The number of hydrogen-bond donors (Lipinski definition) is 3. The fourth-order valence-electron chi connectivity index (χ4n) is 7.06. The van der Waals surface area contributed by atoms with Gasteiger partial charge in [-0.25, -0.2) is 0 Å². The molecule has 0 heterocycles. The lowest BCUT2D eigenvalue weighted by Crippen LogP contribution is -2.45. The summed E-state index contributed by atoms with van der Waals surface area (Å²) in [4.78, 5) is 12.4. The maximum absolute atomic E-state index is 12.4. The fourth-order valence-corrected chi connectivity index (χ4v) is 7.06. The van der Waals surface area contributed by atoms with E-state index in [1.165, 1.54) is 148 Å². The number of hydrogen-bond acceptors (Lipinski definition) is 3. The van der Waals surface area contributed by atoms with Crippen molar-refractivity contribution in [3.63, 3.8) is 0 Å². The van der Waals surface area contributed by atoms with Crippen molar-refractivity contribution in [2.75, 3.05) is 6.61 Å². The van der Waals surface area contributed by atoms with Crippen LogP contribution < -0.4 is 5.32 Å². The first-order valence-corrected chi connectivity index (χ1v) is 23.3. The van der Waals surface area contributed by atoms with E-state index < -0.39 is 12.1 Å². The maximum atomic E-state index is 12.4. The Morgan fingerprint density at radius 3 is 1.25 bits per heavy atom. The number of nitrogens with one attached hydrogen (secondary N) is 1. The molecular weight excluding hydrogens is 651 g/mol. The van der Waals surface area contributed by atoms with Gasteiger partial charge in [-0.1, -0.05) is 229 Å². The molecule has 0 aromatic rings. The Kier molecular flexibility index (Phi) is 43.4. The molecule has 0 aromatic heterocycles. The molecule has 0 bridgehead atoms. The van der Waals surface area contributed by atoms with E-state index >= 15 is 0 Å². The third-order valence-corrected chi connectivity index (χ3v) is 10.6. The van der Waals surface area contributed by atoms with Crippen LogP contribution in [0.1, 0.15) is 239 Å². The van der Waals surface area contributed by atoms with Gasteiger partial charge in [0.25, 0.3) is 0 Å². The average Bonchev–Trinajstić information content (AvgIpc) is 3.16. The van der Waals surface area contributed by atoms with Crippen LogP contribution in [-0.2, 0) is 4.79 Å². The molecule has 3 N–H and O–H groups in total. The molecule has 0 aromatic carbocycles. The third-order valence-electron chi connectivity index (χ3n) is 10.6. The van der Waals surface area contributed by atoms with Crippen molar-refractivity contribution in [3.8, 4) is 0 Å². The lowest BCUT2D eigenvalue weighted by molar-refractivity contribution is -0.123. The first-order valence-electron chi connectivity index (χ1n) is 23.3. The average molecular weight is 742 g/mol. The summed E-state index contributed by atoms with van der Waals surface area (Å²) >= 11 is 0. The molecule has 2 unspecified atom stereocenters. The van der Waals surface area contributed by atoms with Gasteiger partial charge in [-0.3, -0.25) is 4.79 Å². The van der Waals surface area contributed by atoms with Crippen LogP contribution in [0, 0.1) is 0 Å². The second kappa shape index (κ2) is 44.7. The number of amides is 1. The number of allylic oxidation sites excluding steroid dienone is 8. The predicted molar refractivity (Wildman–Crippen MR) is 235 cm³/mol. The third kappa shape index (κ3) is 41.4. The molecule has 4 nitrogen and oxygen atoms in total. The van der Waals surface area contributed by atoms with Crippen molar-refractivity contribution < 1.29 is 15.0 Å². The summed E-state index contributed by atoms with van der Waals surface area (Å²) in [5.41, 5.74) is 0. The fraction of sp³-hybridized carbons (Fsp3) is 0.816. The summed E-state index contributed by atoms with van der Waals surface area (Å²) in [5, 5.41) is 23.2. The zero-order valence-electron chi connectivity index (χ0n) is 35.5. The number of carbonyl (C=O) groups is 1. The van der Waals surface area contributed by atoms with Gasteiger partial charge in [0.1, 0.15) is 0 Å². The lowest BCUT2D eigenvalue weighted by atomic mass is 10.0. The van der Waals surface area contributed by atoms with Crippen molar-refractivity contribution >= 4 is 5.91 Å². The zero-order chi connectivity index (χ0) is 38.6. The van der Waals surface area contributed by atoms with Gasteiger partial charge in [0, 0.05) is 6.42 Å². The van der Waals surface area contributed by atoms with Gasteiger partial charge in [0.05, 0.1) is 18.8 Å². The highest BCUT2D eigenvalue weighted by Gasteiger charge is 2.20. The number of aliphatic hydroxyl groups is 2. The van der Waals surface area contributed by atoms with E-state index in [1.807, 2.05) is 0 Å². The molecule has 53 heavy (non-hydrogen) atoms. The Morgan fingerprint density at radius 1 is 0.472 bits per heavy atom. The highest BCUT2D eigenvalue weighted by Crippen LogP contribution is 2.16. The van der Waals surface area contributed by atoms with Crippen LogP contribution in [-0.4, -0.2) is 34.9 Å². The standard InChI is InChI=1S/C49H91NO3/c1-3-5-7-9-11-13-15-17-19-21-23-24-25-27-28-30-32-34-36-38-40-42-44-48(52)47(46-51)50-49(53)45-43-41-39-37-35-33-31-29-26-22-20-18-16-14-12-10-8-6-4-2/h6,8,12,14,18,20,26,29,47-48,51-52H,3-5,7,9-11,13,15-17,19,21-25,27-28,30-46H2,1-2H3,(H,50,53)/b8-6-,14-12-,20-18-,29-26-. The quantitative estimate of drug-likeness (QED) is 0.0431. The summed E-state index contributed by atoms with van der Waals surface area (Å²) in [7, 11) is 0. The van der Waals surface area contributed by atoms with Crippen molar-refractivity contribution in [2.24, 2.45) is 0 Å². The molecule has 2 atom stereocenters. The van der Waals surface area contributed by atoms with Gasteiger partial charge in [-0.15, -0.1) is 0 Å². The van der Waals surface area contributed by atoms with Gasteiger partial charge in [-0.05, 0) is 51.4 Å². The first-order chi connectivity index (χ1) is 26.2. The molecule has 0 rings (SSSR count). The van der Waals surface area contributed by atoms with E-state index in [0.29, 0.717) is 12.8 Å². The SMILES string of the molecule is CC/C=C\C/C=C\C/C=C\C/C=C\CCCCCCCCC(=O)NC(CO)C(O)CCCCCCCCCCCCCCCCCCCCCCCC. The Balaban J connectivity index is 3.53. The Bertz CT molecular complexity index is 847. The summed E-state index contributed by atoms with van der Waals surface area (Å²) < 4.78 is 0. The first kappa shape index (κ1) is 51.4. The second-order valence-corrected chi connectivity index (χ2v) is 15.8. The monoisotopic (exact) mass is 742 g/mol. The minimum atomic E-state index is -0.667. The molecule has 0 aliphatic heterocycles. The van der Waals surface area contributed by atoms with Crippen LogP contribution in [0.15, 0.2) is 48.6 Å². The molecule has 0 aliphatic carbocycles. The molecule has 0 saturated heterocycles. The van der Waals surface area contributed by atoms with E-state index in [1.54, 1.807) is 0 Å². The largest absolute Gasteiger partial charge is 0.394 e. The Labute approximate surface area is 331 Å². The molecule has 0 fully saturated rings. The second-order valence-electron chi connectivity index (χ2n) is 15.8. The normalized spacial score (nSPS) is 13.4. The van der Waals surface area contributed by atoms with Crippen LogP contribution in [0.5, 0.6) is 0 Å². The molecule has 0 radical (unpaired) electrons. The van der Waals surface area contributed by atoms with Crippen LogP contribution in [0.4, 0.5) is 0 Å². The zero-order valence-corrected chi connectivity index (χ0v) is 35.5. The number of unbranched alkanes of at least 4 members (excludes halogenated alkanes) is 27.